The van der Waals surface area contributed by atoms with Gasteiger partial charge in [-0.2, -0.15) is 5.10 Å². The van der Waals surface area contributed by atoms with Gasteiger partial charge in [0.05, 0.1) is 6.04 Å². The van der Waals surface area contributed by atoms with Gasteiger partial charge in [-0.1, -0.05) is 131 Å². The molecule has 0 saturated carbocycles. The number of alkyl carbamates (subject to hydrolysis) is 1. The lowest BCUT2D eigenvalue weighted by atomic mass is 9.99. The van der Waals surface area contributed by atoms with Gasteiger partial charge in [-0.25, -0.2) is 14.6 Å². The fourth-order valence-corrected chi connectivity index (χ4v) is 6.30. The van der Waals surface area contributed by atoms with Gasteiger partial charge in [0.1, 0.15) is 25.2 Å². The number of hydrogen-bond donors (Lipinski definition) is 4. The lowest BCUT2D eigenvalue weighted by Crippen LogP contribution is -2.56. The molecule has 0 spiro atoms. The first-order valence-electron chi connectivity index (χ1n) is 17.7. The van der Waals surface area contributed by atoms with Crippen LogP contribution in [-0.4, -0.2) is 65.7 Å². The maximum absolute atomic E-state index is 14.3. The second-order valence-electron chi connectivity index (χ2n) is 13.0. The van der Waals surface area contributed by atoms with Crippen LogP contribution in [-0.2, 0) is 45.0 Å². The molecular formula is C42H39BrN6O6. The number of halogens is 1. The van der Waals surface area contributed by atoms with Crippen molar-refractivity contribution in [3.05, 3.63) is 154 Å². The Bertz CT molecular complexity index is 2170. The third-order valence-electron chi connectivity index (χ3n) is 8.85. The fourth-order valence-electron chi connectivity index (χ4n) is 6.03. The van der Waals surface area contributed by atoms with Gasteiger partial charge in [0.2, 0.25) is 17.7 Å². The first-order valence-corrected chi connectivity index (χ1v) is 18.5. The Kier molecular flexibility index (Phi) is 13.0. The summed E-state index contributed by atoms with van der Waals surface area (Å²) in [4.78, 5) is 65.6. The number of rotatable bonds is 15. The molecule has 1 saturated heterocycles. The molecule has 0 radical (unpaired) electrons. The van der Waals surface area contributed by atoms with Crippen LogP contribution in [0, 0.1) is 0 Å². The number of benzene rings is 5. The summed E-state index contributed by atoms with van der Waals surface area (Å²) in [5.74, 6) is -1.61. The largest absolute Gasteiger partial charge is 0.445 e. The molecule has 1 heterocycles. The number of carbonyl (C=O) groups is 5. The Labute approximate surface area is 326 Å². The number of fused-ring (bicyclic) bond motifs is 1. The molecule has 1 aliphatic rings. The molecule has 13 heteroatoms. The number of nitrogens with zero attached hydrogens (tertiary/aromatic N) is 2. The molecule has 4 N–H and O–H groups in total. The molecular weight excluding hydrogens is 764 g/mol. The van der Waals surface area contributed by atoms with E-state index in [0.29, 0.717) is 6.42 Å². The van der Waals surface area contributed by atoms with Crippen molar-refractivity contribution >= 4 is 62.8 Å². The van der Waals surface area contributed by atoms with Crippen LogP contribution < -0.4 is 21.3 Å². The molecule has 1 aliphatic heterocycles. The second-order valence-corrected chi connectivity index (χ2v) is 13.9. The van der Waals surface area contributed by atoms with Crippen molar-refractivity contribution in [1.29, 1.82) is 0 Å². The van der Waals surface area contributed by atoms with E-state index in [9.17, 15) is 24.0 Å². The molecule has 6 rings (SSSR count). The minimum atomic E-state index is -1.11. The third-order valence-corrected chi connectivity index (χ3v) is 9.38. The molecule has 1 fully saturated rings. The van der Waals surface area contributed by atoms with E-state index >= 15 is 0 Å². The van der Waals surface area contributed by atoms with Crippen molar-refractivity contribution in [2.75, 3.05) is 6.54 Å². The Balaban J connectivity index is 1.26. The van der Waals surface area contributed by atoms with Crippen molar-refractivity contribution in [1.82, 2.24) is 26.3 Å². The molecule has 0 aromatic heterocycles. The van der Waals surface area contributed by atoms with Crippen molar-refractivity contribution in [2.24, 2.45) is 5.10 Å². The number of nitrogens with one attached hydrogen (secondary N) is 4. The highest BCUT2D eigenvalue weighted by molar-refractivity contribution is 9.10. The van der Waals surface area contributed by atoms with Gasteiger partial charge >= 0.3 is 12.1 Å². The summed E-state index contributed by atoms with van der Waals surface area (Å²) < 4.78 is 6.31. The van der Waals surface area contributed by atoms with E-state index in [4.69, 9.17) is 4.74 Å². The number of imide groups is 1. The Morgan fingerprint density at radius 2 is 1.27 bits per heavy atom. The maximum Gasteiger partial charge on any atom is 0.408 e. The van der Waals surface area contributed by atoms with Gasteiger partial charge < -0.3 is 20.7 Å². The van der Waals surface area contributed by atoms with E-state index in [1.54, 1.807) is 0 Å². The number of carbonyl (C=O) groups excluding carboxylic acids is 5. The standard InChI is InChI=1S/C42H39BrN6O6/c43-34-19-16-29(17-20-34)23-37(47-42(54)55-27-30-11-5-2-6-12-30)40(52)46-36(24-31-15-18-32-13-7-8-14-33(32)21-31)39(51)45-35(22-28-9-3-1-4-10-28)25-44-49-26-38(50)48-41(49)53/h1-21,25,35-37H,22-24,26-27H2,(H,45,51)(H,46,52)(H,47,54)(H,48,50,53). The van der Waals surface area contributed by atoms with Crippen LogP contribution in [0.3, 0.4) is 0 Å². The summed E-state index contributed by atoms with van der Waals surface area (Å²) in [7, 11) is 0. The summed E-state index contributed by atoms with van der Waals surface area (Å²) >= 11 is 3.43. The van der Waals surface area contributed by atoms with Crippen molar-refractivity contribution < 1.29 is 28.7 Å². The van der Waals surface area contributed by atoms with Gasteiger partial charge in [-0.15, -0.1) is 0 Å². The van der Waals surface area contributed by atoms with Gasteiger partial charge in [-0.3, -0.25) is 19.7 Å². The van der Waals surface area contributed by atoms with E-state index in [-0.39, 0.29) is 26.0 Å². The van der Waals surface area contributed by atoms with Gasteiger partial charge in [0, 0.05) is 23.5 Å². The lowest BCUT2D eigenvalue weighted by molar-refractivity contribution is -0.130. The molecule has 12 nitrogen and oxygen atoms in total. The van der Waals surface area contributed by atoms with E-state index in [1.807, 2.05) is 127 Å². The molecule has 3 atom stereocenters. The molecule has 6 amide bonds. The highest BCUT2D eigenvalue weighted by Crippen LogP contribution is 2.18. The van der Waals surface area contributed by atoms with Gasteiger partial charge in [0.15, 0.2) is 0 Å². The first kappa shape index (κ1) is 38.4. The average molecular weight is 804 g/mol. The van der Waals surface area contributed by atoms with Crippen LogP contribution in [0.5, 0.6) is 0 Å². The number of ether oxygens (including phenoxy) is 1. The summed E-state index contributed by atoms with van der Waals surface area (Å²) in [6.07, 6.45) is 1.14. The molecule has 280 valence electrons. The SMILES string of the molecule is O=C1CN(N=CC(Cc2ccccc2)NC(=O)C(Cc2ccc3ccccc3c2)NC(=O)C(Cc2ccc(Br)cc2)NC(=O)OCc2ccccc2)C(=O)N1. The zero-order chi connectivity index (χ0) is 38.6. The number of hydrazone groups is 1. The molecule has 5 aromatic carbocycles. The van der Waals surface area contributed by atoms with Gasteiger partial charge in [0.25, 0.3) is 0 Å². The van der Waals surface area contributed by atoms with E-state index in [1.165, 1.54) is 6.21 Å². The summed E-state index contributed by atoms with van der Waals surface area (Å²) in [5, 5.41) is 18.0. The third kappa shape index (κ3) is 11.3. The minimum Gasteiger partial charge on any atom is -0.445 e. The van der Waals surface area contributed by atoms with Crippen LogP contribution in [0.15, 0.2) is 137 Å². The summed E-state index contributed by atoms with van der Waals surface area (Å²) in [5.41, 5.74) is 3.22. The number of amides is 6. The predicted octanol–water partition coefficient (Wildman–Crippen LogP) is 5.43. The summed E-state index contributed by atoms with van der Waals surface area (Å²) in [6.45, 7) is -0.244. The smallest absolute Gasteiger partial charge is 0.408 e. The predicted molar refractivity (Wildman–Crippen MR) is 212 cm³/mol. The average Bonchev–Trinajstić information content (AvgIpc) is 3.52. The highest BCUT2D eigenvalue weighted by Gasteiger charge is 2.30. The Morgan fingerprint density at radius 3 is 1.96 bits per heavy atom. The van der Waals surface area contributed by atoms with Crippen LogP contribution in [0.2, 0.25) is 0 Å². The Morgan fingerprint density at radius 1 is 0.691 bits per heavy atom. The van der Waals surface area contributed by atoms with Crippen LogP contribution in [0.4, 0.5) is 9.59 Å². The molecule has 3 unspecified atom stereocenters. The Hall–Kier alpha value is -6.34. The zero-order valence-electron chi connectivity index (χ0n) is 29.7. The highest BCUT2D eigenvalue weighted by atomic mass is 79.9. The molecule has 0 bridgehead atoms. The molecule has 5 aromatic rings. The van der Waals surface area contributed by atoms with Crippen molar-refractivity contribution in [3.63, 3.8) is 0 Å². The second kappa shape index (κ2) is 18.6. The fraction of sp³-hybridized carbons (Fsp3) is 0.190. The van der Waals surface area contributed by atoms with E-state index in [0.717, 1.165) is 42.5 Å². The topological polar surface area (TPSA) is 158 Å². The quantitative estimate of drug-likeness (QED) is 0.0817. The summed E-state index contributed by atoms with van der Waals surface area (Å²) in [6, 6.07) is 35.9. The van der Waals surface area contributed by atoms with Crippen molar-refractivity contribution in [2.45, 2.75) is 44.0 Å². The lowest BCUT2D eigenvalue weighted by Gasteiger charge is -2.25. The van der Waals surface area contributed by atoms with Crippen molar-refractivity contribution in [3.8, 4) is 0 Å². The minimum absolute atomic E-state index is 0.00386. The maximum atomic E-state index is 14.3. The molecule has 0 aliphatic carbocycles. The van der Waals surface area contributed by atoms with Crippen LogP contribution in [0.1, 0.15) is 22.3 Å². The number of hydrogen-bond acceptors (Lipinski definition) is 7. The first-order chi connectivity index (χ1) is 26.7. The molecule has 55 heavy (non-hydrogen) atoms. The van der Waals surface area contributed by atoms with E-state index < -0.39 is 48.0 Å². The number of urea groups is 1. The van der Waals surface area contributed by atoms with Crippen LogP contribution in [0.25, 0.3) is 10.8 Å². The monoisotopic (exact) mass is 802 g/mol. The zero-order valence-corrected chi connectivity index (χ0v) is 31.3. The van der Waals surface area contributed by atoms with Crippen LogP contribution >= 0.6 is 15.9 Å². The normalized spacial score (nSPS) is 14.2. The van der Waals surface area contributed by atoms with Gasteiger partial charge in [-0.05, 0) is 51.6 Å². The van der Waals surface area contributed by atoms with E-state index in [2.05, 4.69) is 42.3 Å².